The zero-order valence-corrected chi connectivity index (χ0v) is 11.8. The van der Waals surface area contributed by atoms with Gasteiger partial charge in [0, 0.05) is 4.88 Å². The highest BCUT2D eigenvalue weighted by Crippen LogP contribution is 2.37. The predicted octanol–water partition coefficient (Wildman–Crippen LogP) is 5.68. The van der Waals surface area contributed by atoms with E-state index >= 15 is 0 Å². The molecule has 0 nitrogen and oxygen atoms in total. The number of thiophene rings is 1. The van der Waals surface area contributed by atoms with Gasteiger partial charge >= 0.3 is 0 Å². The highest BCUT2D eigenvalue weighted by atomic mass is 79.9. The summed E-state index contributed by atoms with van der Waals surface area (Å²) in [5.41, 5.74) is 0.820. The average molecular weight is 340 g/mol. The van der Waals surface area contributed by atoms with Crippen LogP contribution in [0.2, 0.25) is 9.36 Å². The molecule has 2 rings (SSSR count). The van der Waals surface area contributed by atoms with Gasteiger partial charge in [0.2, 0.25) is 0 Å². The molecular formula is C11H6BrCl2FS. The first-order valence-corrected chi connectivity index (χ1v) is 6.91. The van der Waals surface area contributed by atoms with E-state index in [0.29, 0.717) is 4.34 Å². The minimum atomic E-state index is -0.411. The van der Waals surface area contributed by atoms with Crippen LogP contribution in [0.5, 0.6) is 0 Å². The summed E-state index contributed by atoms with van der Waals surface area (Å²) in [5.74, 6) is -0.411. The Morgan fingerprint density at radius 2 is 1.94 bits per heavy atom. The van der Waals surface area contributed by atoms with E-state index in [1.165, 1.54) is 17.4 Å². The maximum atomic E-state index is 13.3. The molecule has 0 bridgehead atoms. The highest BCUT2D eigenvalue weighted by molar-refractivity contribution is 9.09. The van der Waals surface area contributed by atoms with Crippen molar-refractivity contribution < 1.29 is 4.39 Å². The average Bonchev–Trinajstić information content (AvgIpc) is 2.68. The molecule has 1 atom stereocenters. The van der Waals surface area contributed by atoms with Crippen LogP contribution >= 0.6 is 50.5 Å². The largest absolute Gasteiger partial charge is 0.205 e. The van der Waals surface area contributed by atoms with Gasteiger partial charge in [0.05, 0.1) is 14.2 Å². The Morgan fingerprint density at radius 1 is 1.19 bits per heavy atom. The summed E-state index contributed by atoms with van der Waals surface area (Å²) < 4.78 is 14.0. The smallest absolute Gasteiger partial charge is 0.142 e. The first-order chi connectivity index (χ1) is 7.58. The lowest BCUT2D eigenvalue weighted by atomic mass is 10.1. The van der Waals surface area contributed by atoms with Gasteiger partial charge in [-0.25, -0.2) is 4.39 Å². The second kappa shape index (κ2) is 5.05. The van der Waals surface area contributed by atoms with Crippen LogP contribution in [0.25, 0.3) is 0 Å². The number of alkyl halides is 1. The van der Waals surface area contributed by atoms with Gasteiger partial charge < -0.3 is 0 Å². The maximum Gasteiger partial charge on any atom is 0.142 e. The second-order valence-corrected chi connectivity index (χ2v) is 6.25. The summed E-state index contributed by atoms with van der Waals surface area (Å²) in [4.78, 5) is 0.975. The summed E-state index contributed by atoms with van der Waals surface area (Å²) in [6.45, 7) is 0. The molecule has 0 N–H and O–H groups in total. The van der Waals surface area contributed by atoms with Crippen molar-refractivity contribution >= 4 is 50.5 Å². The van der Waals surface area contributed by atoms with Crippen molar-refractivity contribution in [1.29, 1.82) is 0 Å². The van der Waals surface area contributed by atoms with Crippen LogP contribution in [0, 0.1) is 5.82 Å². The molecule has 0 fully saturated rings. The monoisotopic (exact) mass is 338 g/mol. The van der Waals surface area contributed by atoms with Gasteiger partial charge in [-0.1, -0.05) is 45.2 Å². The third-order valence-corrected chi connectivity index (χ3v) is 5.01. The van der Waals surface area contributed by atoms with E-state index in [4.69, 9.17) is 23.2 Å². The van der Waals surface area contributed by atoms with Crippen LogP contribution in [0.3, 0.4) is 0 Å². The van der Waals surface area contributed by atoms with Crippen LogP contribution in [-0.4, -0.2) is 0 Å². The molecule has 5 heteroatoms. The molecule has 1 aromatic heterocycles. The van der Waals surface area contributed by atoms with E-state index in [1.54, 1.807) is 12.1 Å². The molecule has 2 aromatic rings. The number of hydrogen-bond donors (Lipinski definition) is 0. The Bertz CT molecular complexity index is 512. The van der Waals surface area contributed by atoms with Crippen molar-refractivity contribution in [3.8, 4) is 0 Å². The van der Waals surface area contributed by atoms with E-state index < -0.39 is 5.82 Å². The predicted molar refractivity (Wildman–Crippen MR) is 71.5 cm³/mol. The molecule has 0 radical (unpaired) electrons. The lowest BCUT2D eigenvalue weighted by Gasteiger charge is -2.08. The molecule has 0 amide bonds. The second-order valence-electron chi connectivity index (χ2n) is 3.18. The molecule has 1 aromatic carbocycles. The van der Waals surface area contributed by atoms with E-state index in [2.05, 4.69) is 15.9 Å². The van der Waals surface area contributed by atoms with Gasteiger partial charge in [-0.15, -0.1) is 11.3 Å². The Hall–Kier alpha value is -0.0900. The molecule has 1 heterocycles. The molecule has 0 saturated carbocycles. The van der Waals surface area contributed by atoms with Crippen molar-refractivity contribution in [1.82, 2.24) is 0 Å². The highest BCUT2D eigenvalue weighted by Gasteiger charge is 2.14. The van der Waals surface area contributed by atoms with Crippen molar-refractivity contribution in [2.24, 2.45) is 0 Å². The van der Waals surface area contributed by atoms with Gasteiger partial charge in [0.25, 0.3) is 0 Å². The fourth-order valence-corrected chi connectivity index (χ4v) is 3.20. The lowest BCUT2D eigenvalue weighted by molar-refractivity contribution is 0.626. The minimum Gasteiger partial charge on any atom is -0.205 e. The molecule has 0 aliphatic heterocycles. The molecule has 0 aliphatic carbocycles. The number of hydrogen-bond acceptors (Lipinski definition) is 1. The van der Waals surface area contributed by atoms with Crippen LogP contribution in [-0.2, 0) is 0 Å². The van der Waals surface area contributed by atoms with E-state index in [0.717, 1.165) is 10.4 Å². The Labute approximate surface area is 115 Å². The Kier molecular flexibility index (Phi) is 3.90. The van der Waals surface area contributed by atoms with Gasteiger partial charge in [-0.2, -0.15) is 0 Å². The molecule has 0 spiro atoms. The van der Waals surface area contributed by atoms with Gasteiger partial charge in [-0.05, 0) is 29.8 Å². The SMILES string of the molecule is Fc1cc(C(Br)c2ccc(Cl)s2)ccc1Cl. The fourth-order valence-electron chi connectivity index (χ4n) is 1.30. The van der Waals surface area contributed by atoms with Crippen LogP contribution in [0.1, 0.15) is 15.3 Å². The summed E-state index contributed by atoms with van der Waals surface area (Å²) in [5, 5.41) is 0.132. The van der Waals surface area contributed by atoms with Gasteiger partial charge in [0.15, 0.2) is 0 Å². The molecule has 1 unspecified atom stereocenters. The molecule has 0 aliphatic rings. The van der Waals surface area contributed by atoms with E-state index in [9.17, 15) is 4.39 Å². The van der Waals surface area contributed by atoms with Crippen LogP contribution in [0.4, 0.5) is 4.39 Å². The third-order valence-electron chi connectivity index (χ3n) is 2.08. The summed E-state index contributed by atoms with van der Waals surface area (Å²) in [6.07, 6.45) is 0. The summed E-state index contributed by atoms with van der Waals surface area (Å²) in [6, 6.07) is 8.50. The minimum absolute atomic E-state index is 0.0585. The molecule has 16 heavy (non-hydrogen) atoms. The Balaban J connectivity index is 2.33. The zero-order chi connectivity index (χ0) is 11.7. The normalized spacial score (nSPS) is 12.8. The van der Waals surface area contributed by atoms with E-state index in [-0.39, 0.29) is 9.85 Å². The molecule has 84 valence electrons. The fraction of sp³-hybridized carbons (Fsp3) is 0.0909. The van der Waals surface area contributed by atoms with Crippen molar-refractivity contribution in [2.75, 3.05) is 0 Å². The summed E-state index contributed by atoms with van der Waals surface area (Å²) in [7, 11) is 0. The van der Waals surface area contributed by atoms with Crippen molar-refractivity contribution in [2.45, 2.75) is 4.83 Å². The van der Waals surface area contributed by atoms with E-state index in [1.807, 2.05) is 12.1 Å². The topological polar surface area (TPSA) is 0 Å². The van der Waals surface area contributed by atoms with Crippen molar-refractivity contribution in [3.63, 3.8) is 0 Å². The molecular weight excluding hydrogens is 334 g/mol. The quantitative estimate of drug-likeness (QED) is 0.617. The number of benzene rings is 1. The number of rotatable bonds is 2. The molecule has 0 saturated heterocycles. The first-order valence-electron chi connectivity index (χ1n) is 4.42. The van der Waals surface area contributed by atoms with Gasteiger partial charge in [0.1, 0.15) is 5.82 Å². The van der Waals surface area contributed by atoms with Crippen LogP contribution in [0.15, 0.2) is 30.3 Å². The maximum absolute atomic E-state index is 13.3. The lowest BCUT2D eigenvalue weighted by Crippen LogP contribution is -1.90. The third kappa shape index (κ3) is 2.59. The first kappa shape index (κ1) is 12.4. The van der Waals surface area contributed by atoms with Crippen molar-refractivity contribution in [3.05, 3.63) is 55.9 Å². The van der Waals surface area contributed by atoms with Crippen LogP contribution < -0.4 is 0 Å². The summed E-state index contributed by atoms with van der Waals surface area (Å²) >= 11 is 16.4. The standard InChI is InChI=1S/C11H6BrCl2FS/c12-11(9-3-4-10(14)16-9)6-1-2-7(13)8(15)5-6/h1-5,11H. The zero-order valence-electron chi connectivity index (χ0n) is 7.88. The Morgan fingerprint density at radius 3 is 2.50 bits per heavy atom. The van der Waals surface area contributed by atoms with Gasteiger partial charge in [-0.3, -0.25) is 0 Å². The number of halogens is 4.